The maximum atomic E-state index is 5.48. The summed E-state index contributed by atoms with van der Waals surface area (Å²) < 4.78 is 0. The zero-order valence-electron chi connectivity index (χ0n) is 27.4. The second-order valence-electron chi connectivity index (χ2n) is 13.1. The maximum absolute atomic E-state index is 5.48. The third kappa shape index (κ3) is 4.12. The lowest BCUT2D eigenvalue weighted by Gasteiger charge is -2.45. The average molecular weight is 637 g/mol. The van der Waals surface area contributed by atoms with Gasteiger partial charge in [-0.2, -0.15) is 0 Å². The van der Waals surface area contributed by atoms with Crippen molar-refractivity contribution >= 4 is 17.1 Å². The van der Waals surface area contributed by atoms with E-state index in [4.69, 9.17) is 4.98 Å². The Balaban J connectivity index is 1.32. The third-order valence-corrected chi connectivity index (χ3v) is 10.5. The van der Waals surface area contributed by atoms with Crippen molar-refractivity contribution in [3.05, 3.63) is 216 Å². The number of pyridine rings is 1. The molecule has 7 aromatic carbocycles. The monoisotopic (exact) mass is 636 g/mol. The number of rotatable bonds is 4. The minimum Gasteiger partial charge on any atom is -0.310 e. The smallest absolute Gasteiger partial charge is 0.0760 e. The van der Waals surface area contributed by atoms with Gasteiger partial charge in [0.05, 0.1) is 28.2 Å². The van der Waals surface area contributed by atoms with Gasteiger partial charge in [-0.25, -0.2) is 4.98 Å². The quantitative estimate of drug-likeness (QED) is 0.191. The Morgan fingerprint density at radius 3 is 1.54 bits per heavy atom. The summed E-state index contributed by atoms with van der Waals surface area (Å²) >= 11 is 0. The topological polar surface area (TPSA) is 16.1 Å². The largest absolute Gasteiger partial charge is 0.310 e. The van der Waals surface area contributed by atoms with E-state index < -0.39 is 5.41 Å². The summed E-state index contributed by atoms with van der Waals surface area (Å²) in [4.78, 5) is 7.91. The molecule has 0 radical (unpaired) electrons. The number of nitrogens with zero attached hydrogens (tertiary/aromatic N) is 2. The van der Waals surface area contributed by atoms with E-state index in [0.717, 1.165) is 33.8 Å². The number of fused-ring (bicyclic) bond motifs is 9. The van der Waals surface area contributed by atoms with E-state index in [1.54, 1.807) is 0 Å². The standard InChI is InChI=1S/C48H32N2/c1-4-17-33(18-5-1)35-31-43(34-19-6-2-7-20-34)49-44(32-35)39-25-16-24-38-37-23-10-11-26-40(37)48(47(38)39)41-27-12-14-29-45(41)50(36-21-8-3-9-22-36)46-30-15-13-28-42(46)48/h1-32H. The molecule has 0 amide bonds. The Morgan fingerprint density at radius 1 is 0.360 bits per heavy atom. The van der Waals surface area contributed by atoms with Crippen LogP contribution in [0, 0.1) is 0 Å². The van der Waals surface area contributed by atoms with Gasteiger partial charge in [0.1, 0.15) is 0 Å². The van der Waals surface area contributed by atoms with Gasteiger partial charge < -0.3 is 4.90 Å². The molecule has 10 rings (SSSR count). The number of hydrogen-bond donors (Lipinski definition) is 0. The Hall–Kier alpha value is -6.51. The molecule has 0 N–H and O–H groups in total. The Kier molecular flexibility index (Phi) is 6.43. The zero-order valence-corrected chi connectivity index (χ0v) is 27.4. The SMILES string of the molecule is c1ccc(-c2cc(-c3ccccc3)nc(-c3cccc4c3C3(c5ccccc5-4)c4ccccc4N(c4ccccc4)c4ccccc43)c2)cc1. The first-order valence-electron chi connectivity index (χ1n) is 17.2. The van der Waals surface area contributed by atoms with E-state index in [1.807, 2.05) is 0 Å². The van der Waals surface area contributed by atoms with Gasteiger partial charge in [-0.05, 0) is 80.9 Å². The van der Waals surface area contributed by atoms with Crippen molar-refractivity contribution in [2.75, 3.05) is 4.90 Å². The van der Waals surface area contributed by atoms with E-state index in [0.29, 0.717) is 0 Å². The van der Waals surface area contributed by atoms with Gasteiger partial charge in [0.25, 0.3) is 0 Å². The van der Waals surface area contributed by atoms with Gasteiger partial charge in [0.2, 0.25) is 0 Å². The summed E-state index contributed by atoms with van der Waals surface area (Å²) in [7, 11) is 0. The second-order valence-corrected chi connectivity index (χ2v) is 13.1. The number of benzene rings is 7. The molecular formula is C48H32N2. The van der Waals surface area contributed by atoms with Gasteiger partial charge in [-0.1, -0.05) is 158 Å². The second kappa shape index (κ2) is 11.3. The summed E-state index contributed by atoms with van der Waals surface area (Å²) in [6, 6.07) is 70.3. The fourth-order valence-electron chi connectivity index (χ4n) is 8.46. The van der Waals surface area contributed by atoms with E-state index in [-0.39, 0.29) is 0 Å². The number of hydrogen-bond acceptors (Lipinski definition) is 2. The molecule has 1 aromatic heterocycles. The molecule has 0 atom stereocenters. The molecule has 2 nitrogen and oxygen atoms in total. The molecule has 1 spiro atoms. The summed E-state index contributed by atoms with van der Waals surface area (Å²) in [5, 5.41) is 0. The normalized spacial score (nSPS) is 13.3. The molecule has 234 valence electrons. The van der Waals surface area contributed by atoms with Crippen LogP contribution in [0.2, 0.25) is 0 Å². The molecule has 0 bridgehead atoms. The zero-order chi connectivity index (χ0) is 33.1. The van der Waals surface area contributed by atoms with Crippen LogP contribution in [0.15, 0.2) is 194 Å². The number of aromatic nitrogens is 1. The molecular weight excluding hydrogens is 605 g/mol. The molecule has 2 heterocycles. The van der Waals surface area contributed by atoms with Crippen molar-refractivity contribution in [2.24, 2.45) is 0 Å². The predicted molar refractivity (Wildman–Crippen MR) is 206 cm³/mol. The summed E-state index contributed by atoms with van der Waals surface area (Å²) in [5.74, 6) is 0. The first-order chi connectivity index (χ1) is 24.8. The molecule has 2 aliphatic rings. The number of anilines is 3. The van der Waals surface area contributed by atoms with Crippen LogP contribution in [0.1, 0.15) is 22.3 Å². The van der Waals surface area contributed by atoms with Gasteiger partial charge in [-0.15, -0.1) is 0 Å². The first kappa shape index (κ1) is 28.5. The summed E-state index contributed by atoms with van der Waals surface area (Å²) in [5.41, 5.74) is 17.1. The lowest BCUT2D eigenvalue weighted by atomic mass is 9.63. The van der Waals surface area contributed by atoms with Gasteiger partial charge in [0, 0.05) is 16.8 Å². The van der Waals surface area contributed by atoms with Gasteiger partial charge >= 0.3 is 0 Å². The van der Waals surface area contributed by atoms with E-state index in [9.17, 15) is 0 Å². The van der Waals surface area contributed by atoms with Crippen LogP contribution in [-0.4, -0.2) is 4.98 Å². The van der Waals surface area contributed by atoms with Crippen LogP contribution in [0.3, 0.4) is 0 Å². The molecule has 8 aromatic rings. The van der Waals surface area contributed by atoms with Crippen molar-refractivity contribution in [3.8, 4) is 44.8 Å². The number of para-hydroxylation sites is 3. The molecule has 0 unspecified atom stereocenters. The van der Waals surface area contributed by atoms with E-state index in [2.05, 4.69) is 199 Å². The van der Waals surface area contributed by atoms with Crippen LogP contribution < -0.4 is 4.90 Å². The average Bonchev–Trinajstić information content (AvgIpc) is 3.50. The molecule has 0 fully saturated rings. The van der Waals surface area contributed by atoms with Crippen LogP contribution in [0.4, 0.5) is 17.1 Å². The first-order valence-corrected chi connectivity index (χ1v) is 17.2. The fourth-order valence-corrected chi connectivity index (χ4v) is 8.46. The molecule has 0 saturated heterocycles. The molecule has 1 aliphatic carbocycles. The van der Waals surface area contributed by atoms with Crippen LogP contribution in [0.25, 0.3) is 44.8 Å². The fraction of sp³-hybridized carbons (Fsp3) is 0.0208. The van der Waals surface area contributed by atoms with Gasteiger partial charge in [0.15, 0.2) is 0 Å². The van der Waals surface area contributed by atoms with Crippen molar-refractivity contribution in [1.82, 2.24) is 4.98 Å². The Labute approximate surface area is 292 Å². The molecule has 0 saturated carbocycles. The molecule has 2 heteroatoms. The Bertz CT molecular complexity index is 2430. The third-order valence-electron chi connectivity index (χ3n) is 10.5. The highest BCUT2D eigenvalue weighted by atomic mass is 15.2. The van der Waals surface area contributed by atoms with Crippen molar-refractivity contribution in [1.29, 1.82) is 0 Å². The highest BCUT2D eigenvalue weighted by Gasteiger charge is 2.52. The van der Waals surface area contributed by atoms with Crippen LogP contribution in [0.5, 0.6) is 0 Å². The molecule has 50 heavy (non-hydrogen) atoms. The maximum Gasteiger partial charge on any atom is 0.0760 e. The molecule has 1 aliphatic heterocycles. The van der Waals surface area contributed by atoms with Gasteiger partial charge in [-0.3, -0.25) is 0 Å². The van der Waals surface area contributed by atoms with Crippen LogP contribution in [-0.2, 0) is 5.41 Å². The Morgan fingerprint density at radius 2 is 0.860 bits per heavy atom. The summed E-state index contributed by atoms with van der Waals surface area (Å²) in [6.45, 7) is 0. The van der Waals surface area contributed by atoms with E-state index >= 15 is 0 Å². The van der Waals surface area contributed by atoms with Crippen molar-refractivity contribution < 1.29 is 0 Å². The van der Waals surface area contributed by atoms with Crippen LogP contribution >= 0.6 is 0 Å². The summed E-state index contributed by atoms with van der Waals surface area (Å²) in [6.07, 6.45) is 0. The minimum absolute atomic E-state index is 0.571. The highest BCUT2D eigenvalue weighted by Crippen LogP contribution is 2.64. The highest BCUT2D eigenvalue weighted by molar-refractivity contribution is 5.99. The lowest BCUT2D eigenvalue weighted by molar-refractivity contribution is 0.754. The lowest BCUT2D eigenvalue weighted by Crippen LogP contribution is -2.36. The van der Waals surface area contributed by atoms with E-state index in [1.165, 1.54) is 50.3 Å². The minimum atomic E-state index is -0.571. The van der Waals surface area contributed by atoms with Crippen molar-refractivity contribution in [3.63, 3.8) is 0 Å². The predicted octanol–water partition coefficient (Wildman–Crippen LogP) is 12.2. The van der Waals surface area contributed by atoms with Crippen molar-refractivity contribution in [2.45, 2.75) is 5.41 Å².